The van der Waals surface area contributed by atoms with Crippen molar-refractivity contribution in [3.8, 4) is 0 Å². The lowest BCUT2D eigenvalue weighted by atomic mass is 9.73. The van der Waals surface area contributed by atoms with Crippen LogP contribution in [-0.4, -0.2) is 18.7 Å². The average molecular weight is 232 g/mol. The van der Waals surface area contributed by atoms with E-state index >= 15 is 0 Å². The Balaban J connectivity index is 2.01. The quantitative estimate of drug-likeness (QED) is 0.580. The summed E-state index contributed by atoms with van der Waals surface area (Å²) >= 11 is 0. The number of carbonyl (C=O) groups is 1. The van der Waals surface area contributed by atoms with Crippen LogP contribution in [0, 0.1) is 6.92 Å². The molecule has 1 atom stereocenters. The molecule has 0 bridgehead atoms. The zero-order valence-corrected chi connectivity index (χ0v) is 10.2. The van der Waals surface area contributed by atoms with Crippen LogP contribution in [0.4, 0.5) is 0 Å². The summed E-state index contributed by atoms with van der Waals surface area (Å²) in [7, 11) is 1.42. The number of rotatable bonds is 2. The summed E-state index contributed by atoms with van der Waals surface area (Å²) in [6.07, 6.45) is 3.04. The van der Waals surface area contributed by atoms with Crippen LogP contribution in [0.15, 0.2) is 24.3 Å². The van der Waals surface area contributed by atoms with E-state index in [1.807, 2.05) is 31.2 Å². The van der Waals surface area contributed by atoms with Gasteiger partial charge in [0.15, 0.2) is 0 Å². The number of esters is 1. The molecule has 1 unspecified atom stereocenters. The van der Waals surface area contributed by atoms with Gasteiger partial charge in [-0.2, -0.15) is 0 Å². The van der Waals surface area contributed by atoms with Crippen molar-refractivity contribution in [2.24, 2.45) is 0 Å². The minimum atomic E-state index is -0.826. The van der Waals surface area contributed by atoms with E-state index in [2.05, 4.69) is 0 Å². The van der Waals surface area contributed by atoms with E-state index in [1.54, 1.807) is 0 Å². The van der Waals surface area contributed by atoms with Crippen molar-refractivity contribution >= 4 is 5.97 Å². The van der Waals surface area contributed by atoms with Crippen LogP contribution in [-0.2, 0) is 19.9 Å². The summed E-state index contributed by atoms with van der Waals surface area (Å²) in [4.78, 5) is 12.0. The Hall–Kier alpha value is -1.35. The molecule has 2 fully saturated rings. The molecule has 1 spiro atoms. The molecular formula is C14H16O3. The molecule has 1 aliphatic carbocycles. The fourth-order valence-electron chi connectivity index (χ4n) is 2.82. The summed E-state index contributed by atoms with van der Waals surface area (Å²) < 4.78 is 10.8. The van der Waals surface area contributed by atoms with Gasteiger partial charge in [0, 0.05) is 0 Å². The molecule has 1 saturated heterocycles. The maximum Gasteiger partial charge on any atom is 0.345 e. The lowest BCUT2D eigenvalue weighted by Crippen LogP contribution is -2.37. The van der Waals surface area contributed by atoms with Gasteiger partial charge in [0.05, 0.1) is 7.11 Å². The second-order valence-corrected chi connectivity index (χ2v) is 4.99. The van der Waals surface area contributed by atoms with Gasteiger partial charge < -0.3 is 9.47 Å². The molecule has 1 aromatic carbocycles. The molecule has 1 saturated carbocycles. The van der Waals surface area contributed by atoms with Crippen LogP contribution in [0.5, 0.6) is 0 Å². The Kier molecular flexibility index (Phi) is 2.11. The van der Waals surface area contributed by atoms with Crippen molar-refractivity contribution in [2.45, 2.75) is 37.4 Å². The van der Waals surface area contributed by atoms with Crippen LogP contribution in [0.3, 0.4) is 0 Å². The van der Waals surface area contributed by atoms with Crippen LogP contribution < -0.4 is 0 Å². The molecule has 1 aliphatic heterocycles. The Bertz CT molecular complexity index is 459. The number of carbonyl (C=O) groups excluding carboxylic acids is 1. The van der Waals surface area contributed by atoms with Crippen molar-refractivity contribution in [3.05, 3.63) is 35.4 Å². The van der Waals surface area contributed by atoms with Crippen LogP contribution in [0.2, 0.25) is 0 Å². The maximum atomic E-state index is 12.0. The summed E-state index contributed by atoms with van der Waals surface area (Å²) in [6.45, 7) is 2.03. The highest BCUT2D eigenvalue weighted by Crippen LogP contribution is 2.66. The third-order valence-corrected chi connectivity index (χ3v) is 4.04. The summed E-state index contributed by atoms with van der Waals surface area (Å²) in [5, 5.41) is 0. The molecule has 0 N–H and O–H groups in total. The smallest absolute Gasteiger partial charge is 0.345 e. The maximum absolute atomic E-state index is 12.0. The fraction of sp³-hybridized carbons (Fsp3) is 0.500. The SMILES string of the molecule is COC(=O)C1(c2ccc(C)cc2)OC12CCC2. The monoisotopic (exact) mass is 232 g/mol. The number of ether oxygens (including phenoxy) is 2. The van der Waals surface area contributed by atoms with E-state index in [0.29, 0.717) is 0 Å². The second kappa shape index (κ2) is 3.33. The average Bonchev–Trinajstić information content (AvgIpc) is 3.00. The molecule has 2 aliphatic rings. The zero-order valence-electron chi connectivity index (χ0n) is 10.2. The first-order chi connectivity index (χ1) is 8.14. The van der Waals surface area contributed by atoms with Crippen molar-refractivity contribution in [3.63, 3.8) is 0 Å². The van der Waals surface area contributed by atoms with Gasteiger partial charge in [-0.05, 0) is 31.7 Å². The summed E-state index contributed by atoms with van der Waals surface area (Å²) in [5.74, 6) is -0.263. The number of hydrogen-bond acceptors (Lipinski definition) is 3. The molecule has 90 valence electrons. The first-order valence-electron chi connectivity index (χ1n) is 6.00. The van der Waals surface area contributed by atoms with E-state index in [1.165, 1.54) is 12.7 Å². The van der Waals surface area contributed by atoms with Gasteiger partial charge in [0.2, 0.25) is 5.60 Å². The Morgan fingerprint density at radius 2 is 1.94 bits per heavy atom. The van der Waals surface area contributed by atoms with Crippen molar-refractivity contribution in [1.82, 2.24) is 0 Å². The molecule has 0 aromatic heterocycles. The molecule has 1 heterocycles. The molecule has 3 rings (SSSR count). The number of hydrogen-bond donors (Lipinski definition) is 0. The van der Waals surface area contributed by atoms with Crippen molar-refractivity contribution < 1.29 is 14.3 Å². The minimum absolute atomic E-state index is 0.263. The van der Waals surface area contributed by atoms with Crippen molar-refractivity contribution in [2.75, 3.05) is 7.11 Å². The molecule has 3 heteroatoms. The van der Waals surface area contributed by atoms with E-state index < -0.39 is 5.60 Å². The van der Waals surface area contributed by atoms with Gasteiger partial charge in [0.25, 0.3) is 0 Å². The van der Waals surface area contributed by atoms with Gasteiger partial charge in [0.1, 0.15) is 5.60 Å². The van der Waals surface area contributed by atoms with Gasteiger partial charge in [-0.3, -0.25) is 0 Å². The number of epoxide rings is 1. The highest BCUT2D eigenvalue weighted by Gasteiger charge is 2.78. The van der Waals surface area contributed by atoms with Crippen molar-refractivity contribution in [1.29, 1.82) is 0 Å². The molecule has 1 aromatic rings. The summed E-state index contributed by atoms with van der Waals surface area (Å²) in [6, 6.07) is 7.96. The molecular weight excluding hydrogens is 216 g/mol. The van der Waals surface area contributed by atoms with E-state index in [4.69, 9.17) is 9.47 Å². The van der Waals surface area contributed by atoms with Gasteiger partial charge in [-0.25, -0.2) is 4.79 Å². The third kappa shape index (κ3) is 1.23. The Labute approximate surface area is 101 Å². The highest BCUT2D eigenvalue weighted by molar-refractivity contribution is 5.87. The number of aryl methyl sites for hydroxylation is 1. The van der Waals surface area contributed by atoms with Gasteiger partial charge in [-0.1, -0.05) is 29.8 Å². The standard InChI is InChI=1S/C14H16O3/c1-10-4-6-11(7-5-10)14(12(15)16-2)13(17-14)8-3-9-13/h4-7H,3,8-9H2,1-2H3. The van der Waals surface area contributed by atoms with Gasteiger partial charge >= 0.3 is 5.97 Å². The Morgan fingerprint density at radius 1 is 1.29 bits per heavy atom. The van der Waals surface area contributed by atoms with E-state index in [9.17, 15) is 4.79 Å². The van der Waals surface area contributed by atoms with Gasteiger partial charge in [-0.15, -0.1) is 0 Å². The third-order valence-electron chi connectivity index (χ3n) is 4.04. The van der Waals surface area contributed by atoms with Crippen LogP contribution in [0.1, 0.15) is 30.4 Å². The fourth-order valence-corrected chi connectivity index (χ4v) is 2.82. The first-order valence-corrected chi connectivity index (χ1v) is 6.00. The molecule has 3 nitrogen and oxygen atoms in total. The first kappa shape index (κ1) is 10.8. The predicted molar refractivity (Wildman–Crippen MR) is 62.5 cm³/mol. The summed E-state index contributed by atoms with van der Waals surface area (Å²) in [5.41, 5.74) is 1.01. The highest BCUT2D eigenvalue weighted by atomic mass is 16.7. The van der Waals surface area contributed by atoms with E-state index in [-0.39, 0.29) is 11.6 Å². The lowest BCUT2D eigenvalue weighted by molar-refractivity contribution is -0.147. The minimum Gasteiger partial charge on any atom is -0.467 e. The topological polar surface area (TPSA) is 38.8 Å². The molecule has 0 amide bonds. The predicted octanol–water partition coefficient (Wildman–Crippen LogP) is 2.32. The lowest BCUT2D eigenvalue weighted by Gasteiger charge is -2.25. The number of methoxy groups -OCH3 is 1. The second-order valence-electron chi connectivity index (χ2n) is 4.99. The normalized spacial score (nSPS) is 28.6. The van der Waals surface area contributed by atoms with Crippen LogP contribution >= 0.6 is 0 Å². The van der Waals surface area contributed by atoms with Crippen LogP contribution in [0.25, 0.3) is 0 Å². The Morgan fingerprint density at radius 3 is 2.35 bits per heavy atom. The molecule has 17 heavy (non-hydrogen) atoms. The zero-order chi connectivity index (χ0) is 12.1. The molecule has 0 radical (unpaired) electrons. The largest absolute Gasteiger partial charge is 0.467 e. The van der Waals surface area contributed by atoms with E-state index in [0.717, 1.165) is 24.8 Å². The number of benzene rings is 1.